The van der Waals surface area contributed by atoms with Gasteiger partial charge in [-0.2, -0.15) is 0 Å². The topological polar surface area (TPSA) is 82.1 Å². The minimum absolute atomic E-state index is 0.0227. The van der Waals surface area contributed by atoms with E-state index in [1.54, 1.807) is 0 Å². The number of carbonyl (C=O) groups excluding carboxylic acids is 2. The number of ether oxygens (including phenoxy) is 3. The van der Waals surface area contributed by atoms with Crippen LogP contribution in [0.25, 0.3) is 0 Å². The smallest absolute Gasteiger partial charge is 0.213 e. The molecular formula is C29H34O6. The van der Waals surface area contributed by atoms with Gasteiger partial charge >= 0.3 is 0 Å². The van der Waals surface area contributed by atoms with Gasteiger partial charge in [-0.25, -0.2) is 0 Å². The van der Waals surface area contributed by atoms with Crippen LogP contribution in [-0.4, -0.2) is 40.6 Å². The summed E-state index contributed by atoms with van der Waals surface area (Å²) in [7, 11) is 1.48. The number of ketones is 2. The zero-order chi connectivity index (χ0) is 25.5. The van der Waals surface area contributed by atoms with Crippen molar-refractivity contribution in [1.29, 1.82) is 0 Å². The monoisotopic (exact) mass is 478 g/mol. The number of Topliss-reactive ketones (excluding diaryl/α,β-unsaturated/α-hetero) is 2. The fourth-order valence-electron chi connectivity index (χ4n) is 6.52. The molecule has 1 saturated carbocycles. The van der Waals surface area contributed by atoms with Crippen molar-refractivity contribution in [2.24, 2.45) is 11.8 Å². The highest BCUT2D eigenvalue weighted by molar-refractivity contribution is 6.21. The minimum atomic E-state index is -1.42. The Morgan fingerprint density at radius 3 is 2.49 bits per heavy atom. The summed E-state index contributed by atoms with van der Waals surface area (Å²) in [5.41, 5.74) is 0.327. The molecule has 6 heteroatoms. The number of fused-ring (bicyclic) bond motifs is 1. The molecule has 4 bridgehead atoms. The molecule has 0 aromatic heterocycles. The number of rotatable bonds is 5. The van der Waals surface area contributed by atoms with E-state index in [1.807, 2.05) is 59.8 Å². The van der Waals surface area contributed by atoms with Gasteiger partial charge in [-0.15, -0.1) is 0 Å². The van der Waals surface area contributed by atoms with Gasteiger partial charge in [-0.1, -0.05) is 29.4 Å². The summed E-state index contributed by atoms with van der Waals surface area (Å²) in [4.78, 5) is 28.3. The highest BCUT2D eigenvalue weighted by Crippen LogP contribution is 2.65. The van der Waals surface area contributed by atoms with Crippen molar-refractivity contribution >= 4 is 11.6 Å². The van der Waals surface area contributed by atoms with Crippen LogP contribution in [0, 0.1) is 11.8 Å². The van der Waals surface area contributed by atoms with Gasteiger partial charge in [0.1, 0.15) is 28.4 Å². The van der Waals surface area contributed by atoms with Crippen molar-refractivity contribution in [3.63, 3.8) is 0 Å². The molecule has 1 N–H and O–H groups in total. The van der Waals surface area contributed by atoms with Crippen LogP contribution in [0.5, 0.6) is 17.2 Å². The molecule has 1 aromatic rings. The molecule has 6 nitrogen and oxygen atoms in total. The summed E-state index contributed by atoms with van der Waals surface area (Å²) in [5.74, 6) is -0.190. The predicted molar refractivity (Wildman–Crippen MR) is 132 cm³/mol. The van der Waals surface area contributed by atoms with Crippen LogP contribution in [0.3, 0.4) is 0 Å². The first kappa shape index (κ1) is 23.9. The van der Waals surface area contributed by atoms with Gasteiger partial charge in [0.05, 0.1) is 12.7 Å². The van der Waals surface area contributed by atoms with Gasteiger partial charge in [-0.05, 0) is 48.0 Å². The second-order valence-corrected chi connectivity index (χ2v) is 11.4. The Morgan fingerprint density at radius 1 is 1.17 bits per heavy atom. The SMILES string of the molecule is COc1c(CC=C(C)C)c(O)cc2c1C(=O)C1=C[C@@H]3[C@@H]4C[C@@]1(O2)C(=O)C3(CC=C(C)C)OC4(C)C. The summed E-state index contributed by atoms with van der Waals surface area (Å²) in [6.07, 6.45) is 7.17. The van der Waals surface area contributed by atoms with Crippen molar-refractivity contribution in [3.8, 4) is 17.2 Å². The first-order valence-corrected chi connectivity index (χ1v) is 12.3. The van der Waals surface area contributed by atoms with E-state index in [-0.39, 0.29) is 40.5 Å². The van der Waals surface area contributed by atoms with E-state index in [0.29, 0.717) is 36.1 Å². The van der Waals surface area contributed by atoms with Crippen LogP contribution in [0.4, 0.5) is 0 Å². The lowest BCUT2D eigenvalue weighted by Crippen LogP contribution is -2.68. The minimum Gasteiger partial charge on any atom is -0.507 e. The van der Waals surface area contributed by atoms with Crippen molar-refractivity contribution < 1.29 is 28.9 Å². The van der Waals surface area contributed by atoms with E-state index >= 15 is 0 Å². The van der Waals surface area contributed by atoms with Gasteiger partial charge in [0, 0.05) is 41.9 Å². The molecule has 35 heavy (non-hydrogen) atoms. The zero-order valence-electron chi connectivity index (χ0n) is 21.6. The van der Waals surface area contributed by atoms with Crippen LogP contribution in [0.1, 0.15) is 70.3 Å². The summed E-state index contributed by atoms with van der Waals surface area (Å²) in [6, 6.07) is 1.46. The molecule has 4 atom stereocenters. The molecule has 5 aliphatic rings. The average molecular weight is 479 g/mol. The average Bonchev–Trinajstić information content (AvgIpc) is 2.97. The lowest BCUT2D eigenvalue weighted by atomic mass is 9.53. The summed E-state index contributed by atoms with van der Waals surface area (Å²) >= 11 is 0. The standard InChI is InChI=1S/C29H34O6/c1-15(2)8-9-17-21(30)13-22-23(25(17)33-7)24(31)19-12-18-20-14-29(19,34-22)26(32)28(18,11-10-16(3)4)35-27(20,5)6/h8,10,12-13,18,20,30H,9,11,14H2,1-7H3/t18-,20+,28?,29+/m1/s1. The lowest BCUT2D eigenvalue weighted by Gasteiger charge is -2.53. The first-order chi connectivity index (χ1) is 16.4. The molecule has 1 saturated heterocycles. The molecular weight excluding hydrogens is 444 g/mol. The number of phenolic OH excluding ortho intramolecular Hbond substituents is 1. The molecule has 2 fully saturated rings. The molecule has 2 heterocycles. The Bertz CT molecular complexity index is 1240. The van der Waals surface area contributed by atoms with E-state index in [4.69, 9.17) is 14.2 Å². The Morgan fingerprint density at radius 2 is 1.86 bits per heavy atom. The summed E-state index contributed by atoms with van der Waals surface area (Å²) in [5, 5.41) is 10.9. The number of carbonyl (C=O) groups is 2. The van der Waals surface area contributed by atoms with Crippen molar-refractivity contribution in [2.75, 3.05) is 7.11 Å². The maximum absolute atomic E-state index is 14.3. The molecule has 3 aliphatic carbocycles. The second kappa shape index (κ2) is 7.57. The van der Waals surface area contributed by atoms with E-state index in [1.165, 1.54) is 13.2 Å². The zero-order valence-corrected chi connectivity index (χ0v) is 21.6. The Balaban J connectivity index is 1.69. The van der Waals surface area contributed by atoms with Gasteiger partial charge < -0.3 is 19.3 Å². The number of aromatic hydroxyl groups is 1. The van der Waals surface area contributed by atoms with Gasteiger partial charge in [0.15, 0.2) is 5.60 Å². The molecule has 1 aromatic carbocycles. The van der Waals surface area contributed by atoms with Crippen molar-refractivity contribution in [2.45, 2.75) is 77.6 Å². The van der Waals surface area contributed by atoms with Crippen LogP contribution in [0.2, 0.25) is 0 Å². The van der Waals surface area contributed by atoms with E-state index in [9.17, 15) is 14.7 Å². The quantitative estimate of drug-likeness (QED) is 0.581. The molecule has 6 rings (SSSR count). The number of benzene rings is 1. The molecule has 1 spiro atoms. The van der Waals surface area contributed by atoms with Crippen LogP contribution >= 0.6 is 0 Å². The van der Waals surface area contributed by atoms with Crippen LogP contribution < -0.4 is 9.47 Å². The number of allylic oxidation sites excluding steroid dienone is 3. The highest BCUT2D eigenvalue weighted by Gasteiger charge is 2.76. The highest BCUT2D eigenvalue weighted by atomic mass is 16.6. The van der Waals surface area contributed by atoms with Gasteiger partial charge in [0.2, 0.25) is 11.6 Å². The third-order valence-corrected chi connectivity index (χ3v) is 8.16. The normalized spacial score (nSPS) is 31.2. The maximum atomic E-state index is 14.3. The first-order valence-electron chi connectivity index (χ1n) is 12.3. The second-order valence-electron chi connectivity index (χ2n) is 11.4. The predicted octanol–water partition coefficient (Wildman–Crippen LogP) is 5.27. The molecule has 0 radical (unpaired) electrons. The van der Waals surface area contributed by atoms with Gasteiger partial charge in [-0.3, -0.25) is 9.59 Å². The van der Waals surface area contributed by atoms with Crippen molar-refractivity contribution in [3.05, 3.63) is 52.1 Å². The largest absolute Gasteiger partial charge is 0.507 e. The fourth-order valence-corrected chi connectivity index (χ4v) is 6.52. The molecule has 2 aliphatic heterocycles. The molecule has 0 amide bonds. The van der Waals surface area contributed by atoms with E-state index < -0.39 is 16.8 Å². The van der Waals surface area contributed by atoms with Crippen molar-refractivity contribution in [1.82, 2.24) is 0 Å². The van der Waals surface area contributed by atoms with E-state index in [2.05, 4.69) is 0 Å². The lowest BCUT2D eigenvalue weighted by molar-refractivity contribution is -0.165. The molecule has 186 valence electrons. The van der Waals surface area contributed by atoms with Crippen LogP contribution in [0.15, 0.2) is 41.0 Å². The van der Waals surface area contributed by atoms with Gasteiger partial charge in [0.25, 0.3) is 0 Å². The number of methoxy groups -OCH3 is 1. The van der Waals surface area contributed by atoms with Crippen LogP contribution in [-0.2, 0) is 16.0 Å². The molecule has 1 unspecified atom stereocenters. The third-order valence-electron chi connectivity index (χ3n) is 8.16. The fraction of sp³-hybridized carbons (Fsp3) is 0.517. The number of hydrogen-bond acceptors (Lipinski definition) is 6. The Labute approximate surface area is 206 Å². The summed E-state index contributed by atoms with van der Waals surface area (Å²) < 4.78 is 18.7. The Kier molecular flexibility index (Phi) is 5.16. The van der Waals surface area contributed by atoms with E-state index in [0.717, 1.165) is 11.1 Å². The third kappa shape index (κ3) is 3.11. The number of hydrogen-bond donors (Lipinski definition) is 1. The maximum Gasteiger partial charge on any atom is 0.213 e. The summed E-state index contributed by atoms with van der Waals surface area (Å²) in [6.45, 7) is 12.0. The Hall–Kier alpha value is -2.86. The number of phenols is 1.